The lowest BCUT2D eigenvalue weighted by Gasteiger charge is -2.20. The van der Waals surface area contributed by atoms with Crippen LogP contribution in [0.25, 0.3) is 16.7 Å². The van der Waals surface area contributed by atoms with E-state index in [2.05, 4.69) is 11.4 Å². The lowest BCUT2D eigenvalue weighted by molar-refractivity contribution is -0.129. The largest absolute Gasteiger partial charge is 0.497 e. The van der Waals surface area contributed by atoms with E-state index in [1.807, 2.05) is 0 Å². The van der Waals surface area contributed by atoms with Crippen molar-refractivity contribution in [3.8, 4) is 40.2 Å². The molecule has 52 heavy (non-hydrogen) atoms. The number of hydrogen-bond donors (Lipinski definition) is 1. The lowest BCUT2D eigenvalue weighted by atomic mass is 9.93. The van der Waals surface area contributed by atoms with Crippen molar-refractivity contribution in [3.05, 3.63) is 144 Å². The van der Waals surface area contributed by atoms with E-state index in [0.29, 0.717) is 39.3 Å². The average molecular weight is 697 g/mol. The van der Waals surface area contributed by atoms with Crippen LogP contribution in [0.15, 0.2) is 127 Å². The number of amides is 1. The van der Waals surface area contributed by atoms with Gasteiger partial charge in [0.2, 0.25) is 0 Å². The maximum Gasteiger partial charge on any atom is 0.412 e. The SMILES string of the molecule is COc1ccc(C(=C(C#N)C(=O)Oc2ccccc2-c2ccccc2OC(=O)c2ccccc2NC(=O)OC(C)(C)C)c2ccc(OC)cc2)cc1. The van der Waals surface area contributed by atoms with Crippen LogP contribution in [-0.4, -0.2) is 37.9 Å². The third-order valence-corrected chi connectivity index (χ3v) is 7.58. The first-order valence-electron chi connectivity index (χ1n) is 16.2. The monoisotopic (exact) mass is 696 g/mol. The van der Waals surface area contributed by atoms with Crippen molar-refractivity contribution in [2.45, 2.75) is 26.4 Å². The summed E-state index contributed by atoms with van der Waals surface area (Å²) in [5.74, 6) is -0.138. The number of para-hydroxylation sites is 3. The molecule has 262 valence electrons. The summed E-state index contributed by atoms with van der Waals surface area (Å²) in [6.07, 6.45) is -0.725. The fourth-order valence-electron chi connectivity index (χ4n) is 5.22. The molecule has 0 radical (unpaired) electrons. The van der Waals surface area contributed by atoms with Gasteiger partial charge in [0, 0.05) is 16.7 Å². The van der Waals surface area contributed by atoms with Gasteiger partial charge in [-0.1, -0.05) is 72.8 Å². The van der Waals surface area contributed by atoms with Gasteiger partial charge in [-0.3, -0.25) is 5.32 Å². The molecule has 5 aromatic rings. The van der Waals surface area contributed by atoms with Crippen molar-refractivity contribution in [2.24, 2.45) is 0 Å². The van der Waals surface area contributed by atoms with E-state index < -0.39 is 23.6 Å². The van der Waals surface area contributed by atoms with Crippen LogP contribution < -0.4 is 24.3 Å². The van der Waals surface area contributed by atoms with E-state index in [9.17, 15) is 19.6 Å². The van der Waals surface area contributed by atoms with Gasteiger partial charge in [-0.05, 0) is 80.4 Å². The Kier molecular flexibility index (Phi) is 11.4. The molecule has 0 saturated heterocycles. The Morgan fingerprint density at radius 1 is 0.635 bits per heavy atom. The Bertz CT molecular complexity index is 2110. The summed E-state index contributed by atoms with van der Waals surface area (Å²) < 4.78 is 27.8. The maximum atomic E-state index is 13.9. The Labute approximate surface area is 301 Å². The molecule has 0 aliphatic heterocycles. The summed E-state index contributed by atoms with van der Waals surface area (Å²) >= 11 is 0. The van der Waals surface area contributed by atoms with Crippen molar-refractivity contribution in [2.75, 3.05) is 19.5 Å². The molecule has 0 fully saturated rings. The number of rotatable bonds is 10. The topological polar surface area (TPSA) is 133 Å². The van der Waals surface area contributed by atoms with E-state index in [-0.39, 0.29) is 28.3 Å². The van der Waals surface area contributed by atoms with Crippen LogP contribution in [0.2, 0.25) is 0 Å². The molecule has 0 bridgehead atoms. The van der Waals surface area contributed by atoms with Gasteiger partial charge in [-0.15, -0.1) is 0 Å². The number of benzene rings is 5. The second kappa shape index (κ2) is 16.2. The summed E-state index contributed by atoms with van der Waals surface area (Å²) in [7, 11) is 3.10. The Balaban J connectivity index is 1.49. The minimum Gasteiger partial charge on any atom is -0.497 e. The number of methoxy groups -OCH3 is 2. The molecular formula is C42H36N2O8. The third-order valence-electron chi connectivity index (χ3n) is 7.58. The summed E-state index contributed by atoms with van der Waals surface area (Å²) in [5, 5.41) is 13.0. The minimum atomic E-state index is -0.895. The summed E-state index contributed by atoms with van der Waals surface area (Å²) in [6, 6.07) is 35.9. The highest BCUT2D eigenvalue weighted by Crippen LogP contribution is 2.38. The Morgan fingerprint density at radius 3 is 1.62 bits per heavy atom. The predicted octanol–water partition coefficient (Wildman–Crippen LogP) is 8.87. The number of carbonyl (C=O) groups excluding carboxylic acids is 3. The second-order valence-electron chi connectivity index (χ2n) is 12.3. The van der Waals surface area contributed by atoms with Gasteiger partial charge in [0.05, 0.1) is 25.5 Å². The summed E-state index contributed by atoms with van der Waals surface area (Å²) in [5.41, 5.74) is 1.70. The molecule has 5 rings (SSSR count). The number of nitrogens with zero attached hydrogens (tertiary/aromatic N) is 1. The van der Waals surface area contributed by atoms with Crippen LogP contribution in [0.3, 0.4) is 0 Å². The van der Waals surface area contributed by atoms with Crippen molar-refractivity contribution in [1.29, 1.82) is 5.26 Å². The van der Waals surface area contributed by atoms with E-state index in [4.69, 9.17) is 23.7 Å². The first-order chi connectivity index (χ1) is 25.0. The van der Waals surface area contributed by atoms with Crippen LogP contribution in [0.4, 0.5) is 10.5 Å². The fraction of sp³-hybridized carbons (Fsp3) is 0.143. The number of carbonyl (C=O) groups is 3. The zero-order chi connectivity index (χ0) is 37.3. The molecule has 0 saturated carbocycles. The van der Waals surface area contributed by atoms with E-state index in [0.717, 1.165) is 0 Å². The highest BCUT2D eigenvalue weighted by atomic mass is 16.6. The normalized spacial score (nSPS) is 10.6. The molecule has 10 heteroatoms. The number of nitriles is 1. The molecule has 0 spiro atoms. The van der Waals surface area contributed by atoms with Crippen molar-refractivity contribution < 1.29 is 38.1 Å². The highest BCUT2D eigenvalue weighted by molar-refractivity contribution is 6.06. The van der Waals surface area contributed by atoms with Gasteiger partial charge in [-0.2, -0.15) is 5.26 Å². The molecule has 5 aromatic carbocycles. The van der Waals surface area contributed by atoms with Crippen LogP contribution in [0, 0.1) is 11.3 Å². The third kappa shape index (κ3) is 8.83. The van der Waals surface area contributed by atoms with Crippen LogP contribution in [0.5, 0.6) is 23.0 Å². The molecule has 0 unspecified atom stereocenters. The van der Waals surface area contributed by atoms with E-state index in [1.54, 1.807) is 150 Å². The van der Waals surface area contributed by atoms with E-state index >= 15 is 0 Å². The number of esters is 2. The zero-order valence-electron chi connectivity index (χ0n) is 29.3. The maximum absolute atomic E-state index is 13.9. The zero-order valence-corrected chi connectivity index (χ0v) is 29.3. The molecule has 1 amide bonds. The first kappa shape index (κ1) is 36.4. The van der Waals surface area contributed by atoms with Gasteiger partial charge in [-0.25, -0.2) is 14.4 Å². The van der Waals surface area contributed by atoms with Gasteiger partial charge < -0.3 is 23.7 Å². The van der Waals surface area contributed by atoms with Crippen LogP contribution in [-0.2, 0) is 9.53 Å². The second-order valence-corrected chi connectivity index (χ2v) is 12.3. The summed E-state index contributed by atoms with van der Waals surface area (Å²) in [6.45, 7) is 5.20. The van der Waals surface area contributed by atoms with Gasteiger partial charge in [0.15, 0.2) is 0 Å². The molecule has 0 aromatic heterocycles. The molecule has 0 heterocycles. The number of anilines is 1. The molecule has 0 atom stereocenters. The number of hydrogen-bond acceptors (Lipinski definition) is 9. The van der Waals surface area contributed by atoms with E-state index in [1.165, 1.54) is 6.07 Å². The number of nitrogens with one attached hydrogen (secondary N) is 1. The number of ether oxygens (including phenoxy) is 5. The molecular weight excluding hydrogens is 660 g/mol. The Hall–Kier alpha value is -6.86. The lowest BCUT2D eigenvalue weighted by Crippen LogP contribution is -2.28. The molecule has 1 N–H and O–H groups in total. The Morgan fingerprint density at radius 2 is 1.12 bits per heavy atom. The van der Waals surface area contributed by atoms with Crippen LogP contribution >= 0.6 is 0 Å². The smallest absolute Gasteiger partial charge is 0.412 e. The molecule has 0 aliphatic rings. The quantitative estimate of drug-likeness (QED) is 0.0658. The first-order valence-corrected chi connectivity index (χ1v) is 16.2. The van der Waals surface area contributed by atoms with Gasteiger partial charge in [0.25, 0.3) is 0 Å². The minimum absolute atomic E-state index is 0.0938. The molecule has 0 aliphatic carbocycles. The summed E-state index contributed by atoms with van der Waals surface area (Å²) in [4.78, 5) is 40.0. The standard InChI is InChI=1S/C42H36N2O8/c1-42(2,3)52-41(47)44-35-15-9-6-14-33(35)39(45)50-36-16-10-7-12-31(36)32-13-8-11-17-37(32)51-40(46)34(26-43)38(27-18-22-29(48-4)23-19-27)28-20-24-30(49-5)25-21-28/h6-25H,1-5H3,(H,44,47). The van der Waals surface area contributed by atoms with Gasteiger partial charge in [0.1, 0.15) is 40.2 Å². The predicted molar refractivity (Wildman–Crippen MR) is 196 cm³/mol. The van der Waals surface area contributed by atoms with Crippen molar-refractivity contribution in [1.82, 2.24) is 0 Å². The average Bonchev–Trinajstić information content (AvgIpc) is 3.14. The highest BCUT2D eigenvalue weighted by Gasteiger charge is 2.24. The van der Waals surface area contributed by atoms with Crippen molar-refractivity contribution in [3.63, 3.8) is 0 Å². The van der Waals surface area contributed by atoms with Crippen LogP contribution in [0.1, 0.15) is 42.3 Å². The molecule has 10 nitrogen and oxygen atoms in total. The van der Waals surface area contributed by atoms with Crippen molar-refractivity contribution >= 4 is 29.3 Å². The fourth-order valence-corrected chi connectivity index (χ4v) is 5.22. The van der Waals surface area contributed by atoms with Gasteiger partial charge >= 0.3 is 18.0 Å².